The average Bonchev–Trinajstić information content (AvgIpc) is 2.82. The Morgan fingerprint density at radius 1 is 0.963 bits per heavy atom. The molecule has 1 aliphatic heterocycles. The summed E-state index contributed by atoms with van der Waals surface area (Å²) < 4.78 is 53.3. The van der Waals surface area contributed by atoms with Gasteiger partial charge in [0.1, 0.15) is 5.82 Å². The standard InChI is InChI=1S/C19H23BFNO4S/c1-18(2)19(3,4)26-20(25-18)16-7-5-6-8-17(16)27(23,24)22-13-14-9-11-15(21)12-10-14/h5-12,22H,13H2,1-4H3. The zero-order valence-corrected chi connectivity index (χ0v) is 16.6. The molecule has 27 heavy (non-hydrogen) atoms. The van der Waals surface area contributed by atoms with Crippen molar-refractivity contribution >= 4 is 22.6 Å². The molecule has 0 amide bonds. The fraction of sp³-hybridized carbons (Fsp3) is 0.368. The minimum Gasteiger partial charge on any atom is -0.399 e. The molecule has 8 heteroatoms. The summed E-state index contributed by atoms with van der Waals surface area (Å²) in [6.45, 7) is 7.71. The van der Waals surface area contributed by atoms with Gasteiger partial charge in [-0.1, -0.05) is 30.3 Å². The summed E-state index contributed by atoms with van der Waals surface area (Å²) in [5.74, 6) is -0.368. The molecule has 0 atom stereocenters. The van der Waals surface area contributed by atoms with E-state index in [1.54, 1.807) is 18.2 Å². The minimum absolute atomic E-state index is 0.0559. The van der Waals surface area contributed by atoms with Gasteiger partial charge in [-0.3, -0.25) is 0 Å². The lowest BCUT2D eigenvalue weighted by molar-refractivity contribution is 0.00578. The van der Waals surface area contributed by atoms with E-state index in [0.29, 0.717) is 11.0 Å². The predicted octanol–water partition coefficient (Wildman–Crippen LogP) is 2.60. The van der Waals surface area contributed by atoms with Crippen molar-refractivity contribution < 1.29 is 22.1 Å². The van der Waals surface area contributed by atoms with Crippen LogP contribution in [0.3, 0.4) is 0 Å². The third kappa shape index (κ3) is 4.08. The Morgan fingerprint density at radius 2 is 1.52 bits per heavy atom. The first kappa shape index (κ1) is 20.0. The van der Waals surface area contributed by atoms with Crippen LogP contribution in [0.4, 0.5) is 4.39 Å². The van der Waals surface area contributed by atoms with E-state index in [4.69, 9.17) is 9.31 Å². The molecule has 0 spiro atoms. The number of halogens is 1. The molecule has 0 aromatic heterocycles. The first-order valence-electron chi connectivity index (χ1n) is 8.70. The van der Waals surface area contributed by atoms with Gasteiger partial charge in [0, 0.05) is 12.0 Å². The summed E-state index contributed by atoms with van der Waals surface area (Å²) in [5.41, 5.74) is -0.0394. The van der Waals surface area contributed by atoms with Gasteiger partial charge in [0.25, 0.3) is 0 Å². The maximum Gasteiger partial charge on any atom is 0.496 e. The van der Waals surface area contributed by atoms with E-state index in [9.17, 15) is 12.8 Å². The van der Waals surface area contributed by atoms with E-state index >= 15 is 0 Å². The number of rotatable bonds is 5. The summed E-state index contributed by atoms with van der Waals surface area (Å²) in [4.78, 5) is 0.102. The first-order valence-corrected chi connectivity index (χ1v) is 10.2. The smallest absolute Gasteiger partial charge is 0.399 e. The molecule has 144 valence electrons. The van der Waals surface area contributed by atoms with Crippen molar-refractivity contribution in [2.75, 3.05) is 0 Å². The van der Waals surface area contributed by atoms with E-state index in [-0.39, 0.29) is 17.3 Å². The minimum atomic E-state index is -3.81. The largest absolute Gasteiger partial charge is 0.496 e. The Bertz CT molecular complexity index is 913. The number of hydrogen-bond donors (Lipinski definition) is 1. The second-order valence-electron chi connectivity index (χ2n) is 7.58. The van der Waals surface area contributed by atoms with Crippen molar-refractivity contribution in [2.45, 2.75) is 50.3 Å². The van der Waals surface area contributed by atoms with Crippen LogP contribution < -0.4 is 10.2 Å². The molecule has 1 fully saturated rings. The van der Waals surface area contributed by atoms with Crippen LogP contribution >= 0.6 is 0 Å². The van der Waals surface area contributed by atoms with Crippen LogP contribution in [0.1, 0.15) is 33.3 Å². The van der Waals surface area contributed by atoms with Crippen LogP contribution in [0.15, 0.2) is 53.4 Å². The second kappa shape index (κ2) is 7.02. The number of hydrogen-bond acceptors (Lipinski definition) is 4. The highest BCUT2D eigenvalue weighted by Crippen LogP contribution is 2.36. The monoisotopic (exact) mass is 391 g/mol. The van der Waals surface area contributed by atoms with E-state index < -0.39 is 28.3 Å². The van der Waals surface area contributed by atoms with Crippen LogP contribution in [0.25, 0.3) is 0 Å². The molecule has 0 radical (unpaired) electrons. The van der Waals surface area contributed by atoms with Gasteiger partial charge < -0.3 is 9.31 Å². The molecule has 1 N–H and O–H groups in total. The number of nitrogens with one attached hydrogen (secondary N) is 1. The SMILES string of the molecule is CC1(C)OB(c2ccccc2S(=O)(=O)NCc2ccc(F)cc2)OC1(C)C. The van der Waals surface area contributed by atoms with Crippen LogP contribution in [0.2, 0.25) is 0 Å². The zero-order valence-electron chi connectivity index (χ0n) is 15.8. The van der Waals surface area contributed by atoms with E-state index in [1.165, 1.54) is 30.3 Å². The van der Waals surface area contributed by atoms with Crippen molar-refractivity contribution in [3.63, 3.8) is 0 Å². The Morgan fingerprint density at radius 3 is 2.11 bits per heavy atom. The van der Waals surface area contributed by atoms with Gasteiger partial charge in [-0.2, -0.15) is 0 Å². The Hall–Kier alpha value is -1.74. The van der Waals surface area contributed by atoms with Crippen molar-refractivity contribution in [3.8, 4) is 0 Å². The van der Waals surface area contributed by atoms with Gasteiger partial charge in [0.2, 0.25) is 10.0 Å². The Labute approximate surface area is 160 Å². The topological polar surface area (TPSA) is 64.6 Å². The van der Waals surface area contributed by atoms with Crippen molar-refractivity contribution in [3.05, 3.63) is 59.9 Å². The van der Waals surface area contributed by atoms with Crippen LogP contribution in [0, 0.1) is 5.82 Å². The van der Waals surface area contributed by atoms with Gasteiger partial charge in [0.15, 0.2) is 0 Å². The number of sulfonamides is 1. The summed E-state index contributed by atoms with van der Waals surface area (Å²) in [6, 6.07) is 12.3. The molecule has 0 bridgehead atoms. The third-order valence-electron chi connectivity index (χ3n) is 5.10. The fourth-order valence-electron chi connectivity index (χ4n) is 2.75. The molecular formula is C19H23BFNO4S. The van der Waals surface area contributed by atoms with Crippen LogP contribution in [-0.2, 0) is 25.9 Å². The lowest BCUT2D eigenvalue weighted by Gasteiger charge is -2.32. The predicted molar refractivity (Wildman–Crippen MR) is 103 cm³/mol. The average molecular weight is 391 g/mol. The molecular weight excluding hydrogens is 368 g/mol. The van der Waals surface area contributed by atoms with Gasteiger partial charge in [-0.15, -0.1) is 0 Å². The van der Waals surface area contributed by atoms with Crippen molar-refractivity contribution in [1.29, 1.82) is 0 Å². The molecule has 2 aromatic carbocycles. The molecule has 0 saturated carbocycles. The maximum absolute atomic E-state index is 13.0. The summed E-state index contributed by atoms with van der Waals surface area (Å²) in [7, 11) is -4.60. The third-order valence-corrected chi connectivity index (χ3v) is 6.57. The Kier molecular flexibility index (Phi) is 5.20. The molecule has 5 nitrogen and oxygen atoms in total. The van der Waals surface area contributed by atoms with Crippen LogP contribution in [0.5, 0.6) is 0 Å². The highest BCUT2D eigenvalue weighted by atomic mass is 32.2. The van der Waals surface area contributed by atoms with Gasteiger partial charge in [-0.25, -0.2) is 17.5 Å². The lowest BCUT2D eigenvalue weighted by atomic mass is 9.79. The highest BCUT2D eigenvalue weighted by Gasteiger charge is 2.52. The molecule has 0 aliphatic carbocycles. The van der Waals surface area contributed by atoms with Gasteiger partial charge in [0.05, 0.1) is 16.1 Å². The quantitative estimate of drug-likeness (QED) is 0.796. The second-order valence-corrected chi connectivity index (χ2v) is 9.31. The summed E-state index contributed by atoms with van der Waals surface area (Å²) in [6.07, 6.45) is 0. The van der Waals surface area contributed by atoms with E-state index in [2.05, 4.69) is 4.72 Å². The zero-order chi connectivity index (χ0) is 19.9. The van der Waals surface area contributed by atoms with Gasteiger partial charge in [-0.05, 0) is 51.5 Å². The van der Waals surface area contributed by atoms with Crippen molar-refractivity contribution in [1.82, 2.24) is 4.72 Å². The fourth-order valence-corrected chi connectivity index (χ4v) is 3.99. The summed E-state index contributed by atoms with van der Waals surface area (Å²) in [5, 5.41) is 0. The van der Waals surface area contributed by atoms with E-state index in [1.807, 2.05) is 27.7 Å². The highest BCUT2D eigenvalue weighted by molar-refractivity contribution is 7.89. The summed E-state index contributed by atoms with van der Waals surface area (Å²) >= 11 is 0. The number of benzene rings is 2. The maximum atomic E-state index is 13.0. The Balaban J connectivity index is 1.85. The molecule has 2 aromatic rings. The molecule has 3 rings (SSSR count). The normalized spacial score (nSPS) is 18.6. The van der Waals surface area contributed by atoms with Crippen LogP contribution in [-0.4, -0.2) is 26.7 Å². The van der Waals surface area contributed by atoms with Gasteiger partial charge >= 0.3 is 7.12 Å². The lowest BCUT2D eigenvalue weighted by Crippen LogP contribution is -2.41. The van der Waals surface area contributed by atoms with E-state index in [0.717, 1.165) is 0 Å². The molecule has 1 saturated heterocycles. The molecule has 1 aliphatic rings. The first-order chi connectivity index (χ1) is 12.5. The molecule has 0 unspecified atom stereocenters. The molecule has 1 heterocycles. The van der Waals surface area contributed by atoms with Crippen molar-refractivity contribution in [2.24, 2.45) is 0 Å².